The van der Waals surface area contributed by atoms with Gasteiger partial charge in [0, 0.05) is 17.4 Å². The summed E-state index contributed by atoms with van der Waals surface area (Å²) < 4.78 is 0.864. The minimum Gasteiger partial charge on any atom is -0.479 e. The highest BCUT2D eigenvalue weighted by atomic mass is 79.9. The van der Waals surface area contributed by atoms with E-state index in [1.807, 2.05) is 0 Å². The Kier molecular flexibility index (Phi) is 4.74. The molecule has 0 saturated carbocycles. The number of hydrogen-bond donors (Lipinski definition) is 1. The smallest absolute Gasteiger partial charge is 0.334 e. The number of carbonyl (C=O) groups is 2. The third-order valence-corrected chi connectivity index (χ3v) is 3.69. The van der Waals surface area contributed by atoms with E-state index in [1.165, 1.54) is 11.8 Å². The molecule has 0 heterocycles. The Morgan fingerprint density at radius 3 is 2.05 bits per heavy atom. The second-order valence-corrected chi connectivity index (χ2v) is 5.78. The molecular formula is C14H18BrNO3. The molecule has 4 nitrogen and oxygen atoms in total. The van der Waals surface area contributed by atoms with Gasteiger partial charge in [-0.3, -0.25) is 4.79 Å². The Morgan fingerprint density at radius 1 is 1.26 bits per heavy atom. The van der Waals surface area contributed by atoms with Gasteiger partial charge in [0.25, 0.3) is 0 Å². The first-order valence-corrected chi connectivity index (χ1v) is 6.80. The molecule has 5 heteroatoms. The second kappa shape index (κ2) is 5.74. The van der Waals surface area contributed by atoms with Crippen LogP contribution in [0.5, 0.6) is 0 Å². The fourth-order valence-electron chi connectivity index (χ4n) is 2.33. The van der Waals surface area contributed by atoms with E-state index in [-0.39, 0.29) is 11.9 Å². The highest BCUT2D eigenvalue weighted by molar-refractivity contribution is 9.10. The van der Waals surface area contributed by atoms with Crippen LogP contribution in [0, 0.1) is 0 Å². The van der Waals surface area contributed by atoms with Gasteiger partial charge in [0.15, 0.2) is 5.54 Å². The van der Waals surface area contributed by atoms with Crippen molar-refractivity contribution in [2.24, 2.45) is 0 Å². The minimum absolute atomic E-state index is 0.206. The van der Waals surface area contributed by atoms with Crippen molar-refractivity contribution in [2.75, 3.05) is 0 Å². The van der Waals surface area contributed by atoms with Gasteiger partial charge in [-0.1, -0.05) is 28.1 Å². The van der Waals surface area contributed by atoms with E-state index in [9.17, 15) is 14.7 Å². The van der Waals surface area contributed by atoms with Crippen molar-refractivity contribution in [3.05, 3.63) is 34.3 Å². The topological polar surface area (TPSA) is 57.6 Å². The number of hydrogen-bond acceptors (Lipinski definition) is 2. The van der Waals surface area contributed by atoms with E-state index in [2.05, 4.69) is 15.9 Å². The zero-order valence-corrected chi connectivity index (χ0v) is 13.1. The summed E-state index contributed by atoms with van der Waals surface area (Å²) in [6.07, 6.45) is 0. The number of carboxylic acids is 1. The van der Waals surface area contributed by atoms with Crippen LogP contribution in [0.3, 0.4) is 0 Å². The summed E-state index contributed by atoms with van der Waals surface area (Å²) >= 11 is 3.32. The molecule has 1 N–H and O–H groups in total. The maximum Gasteiger partial charge on any atom is 0.334 e. The van der Waals surface area contributed by atoms with Gasteiger partial charge in [-0.2, -0.15) is 0 Å². The molecule has 1 atom stereocenters. The molecule has 0 radical (unpaired) electrons. The zero-order chi connectivity index (χ0) is 14.8. The maximum atomic E-state index is 11.8. The first kappa shape index (κ1) is 15.7. The molecule has 0 aliphatic rings. The number of benzene rings is 1. The number of aliphatic carboxylic acids is 1. The molecule has 1 aromatic carbocycles. The van der Waals surface area contributed by atoms with Gasteiger partial charge in [0.05, 0.1) is 0 Å². The predicted octanol–water partition coefficient (Wildman–Crippen LogP) is 3.01. The lowest BCUT2D eigenvalue weighted by Crippen LogP contribution is -2.55. The summed E-state index contributed by atoms with van der Waals surface area (Å²) in [5.41, 5.74) is -0.798. The standard InChI is InChI=1S/C14H18BrNO3/c1-9(2)16(10(3)17)14(4,13(18)19)11-5-7-12(15)8-6-11/h5-9H,1-4H3,(H,18,19). The van der Waals surface area contributed by atoms with Gasteiger partial charge < -0.3 is 10.0 Å². The SMILES string of the molecule is CC(=O)N(C(C)C)C(C)(C(=O)O)c1ccc(Br)cc1. The number of halogens is 1. The van der Waals surface area contributed by atoms with Crippen LogP contribution in [-0.2, 0) is 15.1 Å². The Hall–Kier alpha value is -1.36. The van der Waals surface area contributed by atoms with Gasteiger partial charge in [-0.05, 0) is 38.5 Å². The maximum absolute atomic E-state index is 11.8. The summed E-state index contributed by atoms with van der Waals surface area (Å²) in [6.45, 7) is 6.56. The molecular weight excluding hydrogens is 310 g/mol. The highest BCUT2D eigenvalue weighted by Gasteiger charge is 2.44. The molecule has 0 spiro atoms. The van der Waals surface area contributed by atoms with Crippen molar-refractivity contribution in [3.63, 3.8) is 0 Å². The minimum atomic E-state index is -1.37. The Bertz CT molecular complexity index is 484. The van der Waals surface area contributed by atoms with E-state index < -0.39 is 11.5 Å². The largest absolute Gasteiger partial charge is 0.479 e. The molecule has 0 aliphatic carbocycles. The molecule has 1 aromatic rings. The third kappa shape index (κ3) is 2.97. The molecule has 1 unspecified atom stereocenters. The van der Waals surface area contributed by atoms with Crippen molar-refractivity contribution in [3.8, 4) is 0 Å². The predicted molar refractivity (Wildman–Crippen MR) is 76.8 cm³/mol. The summed E-state index contributed by atoms with van der Waals surface area (Å²) in [7, 11) is 0. The lowest BCUT2D eigenvalue weighted by molar-refractivity contribution is -0.160. The van der Waals surface area contributed by atoms with Crippen molar-refractivity contribution in [2.45, 2.75) is 39.3 Å². The van der Waals surface area contributed by atoms with Crippen LogP contribution in [-0.4, -0.2) is 27.9 Å². The quantitative estimate of drug-likeness (QED) is 0.924. The van der Waals surface area contributed by atoms with Crippen molar-refractivity contribution in [1.82, 2.24) is 4.90 Å². The molecule has 0 aliphatic heterocycles. The monoisotopic (exact) mass is 327 g/mol. The van der Waals surface area contributed by atoms with Crippen molar-refractivity contribution >= 4 is 27.8 Å². The van der Waals surface area contributed by atoms with Gasteiger partial charge in [-0.15, -0.1) is 0 Å². The number of rotatable bonds is 4. The van der Waals surface area contributed by atoms with Gasteiger partial charge in [0.1, 0.15) is 0 Å². The fourth-order valence-corrected chi connectivity index (χ4v) is 2.60. The molecule has 0 bridgehead atoms. The molecule has 0 fully saturated rings. The lowest BCUT2D eigenvalue weighted by atomic mass is 9.88. The van der Waals surface area contributed by atoms with E-state index in [1.54, 1.807) is 45.0 Å². The Labute approximate surface area is 121 Å². The van der Waals surface area contributed by atoms with Gasteiger partial charge in [-0.25, -0.2) is 4.79 Å². The highest BCUT2D eigenvalue weighted by Crippen LogP contribution is 2.31. The van der Waals surface area contributed by atoms with Crippen LogP contribution < -0.4 is 0 Å². The molecule has 1 rings (SSSR count). The summed E-state index contributed by atoms with van der Waals surface area (Å²) in [5, 5.41) is 9.62. The lowest BCUT2D eigenvalue weighted by Gasteiger charge is -2.40. The number of carboxylic acid groups (broad SMARTS) is 1. The second-order valence-electron chi connectivity index (χ2n) is 4.87. The zero-order valence-electron chi connectivity index (χ0n) is 11.5. The molecule has 1 amide bonds. The summed E-state index contributed by atoms with van der Waals surface area (Å²) in [4.78, 5) is 25.0. The first-order valence-electron chi connectivity index (χ1n) is 6.00. The van der Waals surface area contributed by atoms with Crippen molar-refractivity contribution < 1.29 is 14.7 Å². The van der Waals surface area contributed by atoms with Crippen molar-refractivity contribution in [1.29, 1.82) is 0 Å². The van der Waals surface area contributed by atoms with E-state index in [0.29, 0.717) is 5.56 Å². The number of amides is 1. The Morgan fingerprint density at radius 2 is 1.74 bits per heavy atom. The third-order valence-electron chi connectivity index (χ3n) is 3.16. The normalized spacial score (nSPS) is 14.0. The van der Waals surface area contributed by atoms with Crippen LogP contribution in [0.4, 0.5) is 0 Å². The summed E-state index contributed by atoms with van der Waals surface area (Å²) in [6, 6.07) is 6.78. The average molecular weight is 328 g/mol. The molecule has 0 saturated heterocycles. The van der Waals surface area contributed by atoms with Crippen LogP contribution in [0.2, 0.25) is 0 Å². The molecule has 0 aromatic heterocycles. The molecule has 104 valence electrons. The van der Waals surface area contributed by atoms with Crippen LogP contribution in [0.1, 0.15) is 33.3 Å². The number of nitrogens with zero attached hydrogens (tertiary/aromatic N) is 1. The molecule has 19 heavy (non-hydrogen) atoms. The first-order chi connectivity index (χ1) is 8.71. The average Bonchev–Trinajstić information content (AvgIpc) is 2.28. The van der Waals surface area contributed by atoms with E-state index >= 15 is 0 Å². The van der Waals surface area contributed by atoms with Gasteiger partial charge >= 0.3 is 5.97 Å². The van der Waals surface area contributed by atoms with E-state index in [0.717, 1.165) is 4.47 Å². The van der Waals surface area contributed by atoms with E-state index in [4.69, 9.17) is 0 Å². The van der Waals surface area contributed by atoms with Crippen LogP contribution in [0.15, 0.2) is 28.7 Å². The Balaban J connectivity index is 3.42. The van der Waals surface area contributed by atoms with Gasteiger partial charge in [0.2, 0.25) is 5.91 Å². The van der Waals surface area contributed by atoms with Crippen LogP contribution >= 0.6 is 15.9 Å². The summed E-state index contributed by atoms with van der Waals surface area (Å²) in [5.74, 6) is -1.30. The van der Waals surface area contributed by atoms with Crippen LogP contribution in [0.25, 0.3) is 0 Å². The fraction of sp³-hybridized carbons (Fsp3) is 0.429. The number of carbonyl (C=O) groups excluding carboxylic acids is 1.